The quantitative estimate of drug-likeness (QED) is 0.783. The summed E-state index contributed by atoms with van der Waals surface area (Å²) in [6.45, 7) is 0. The normalized spacial score (nSPS) is 10.5. The molecular formula is C10H5F2NO2. The van der Waals surface area contributed by atoms with E-state index in [1.165, 1.54) is 6.07 Å². The van der Waals surface area contributed by atoms with Crippen molar-refractivity contribution in [1.82, 2.24) is 4.98 Å². The minimum atomic E-state index is -1.16. The van der Waals surface area contributed by atoms with E-state index < -0.39 is 17.6 Å². The van der Waals surface area contributed by atoms with Crippen LogP contribution in [0.4, 0.5) is 8.78 Å². The van der Waals surface area contributed by atoms with E-state index in [0.29, 0.717) is 0 Å². The maximum Gasteiger partial charge on any atom is 0.337 e. The van der Waals surface area contributed by atoms with Crippen LogP contribution < -0.4 is 0 Å². The Labute approximate surface area is 83.0 Å². The number of benzene rings is 1. The molecule has 3 nitrogen and oxygen atoms in total. The average molecular weight is 209 g/mol. The Balaban J connectivity index is 2.72. The van der Waals surface area contributed by atoms with E-state index in [1.54, 1.807) is 0 Å². The number of pyridine rings is 1. The number of fused-ring (bicyclic) bond motifs is 1. The molecule has 0 saturated carbocycles. The lowest BCUT2D eigenvalue weighted by atomic mass is 10.1. The molecule has 0 aliphatic heterocycles. The molecule has 0 fully saturated rings. The van der Waals surface area contributed by atoms with Crippen molar-refractivity contribution in [1.29, 1.82) is 0 Å². The number of hydrogen-bond donors (Lipinski definition) is 1. The average Bonchev–Trinajstić information content (AvgIpc) is 2.19. The maximum absolute atomic E-state index is 12.8. The van der Waals surface area contributed by atoms with Crippen LogP contribution in [-0.4, -0.2) is 16.1 Å². The SMILES string of the molecule is O=C(O)c1cnc2cc(F)c(F)cc2c1. The van der Waals surface area contributed by atoms with Gasteiger partial charge in [0.25, 0.3) is 0 Å². The summed E-state index contributed by atoms with van der Waals surface area (Å²) in [7, 11) is 0. The third-order valence-corrected chi connectivity index (χ3v) is 1.97. The van der Waals surface area contributed by atoms with Crippen molar-refractivity contribution < 1.29 is 18.7 Å². The number of carboxylic acids is 1. The number of carbonyl (C=O) groups is 1. The summed E-state index contributed by atoms with van der Waals surface area (Å²) in [4.78, 5) is 14.3. The van der Waals surface area contributed by atoms with Crippen LogP contribution in [0.5, 0.6) is 0 Å². The summed E-state index contributed by atoms with van der Waals surface area (Å²) in [6, 6.07) is 3.09. The lowest BCUT2D eigenvalue weighted by molar-refractivity contribution is 0.0696. The molecule has 2 aromatic rings. The highest BCUT2D eigenvalue weighted by molar-refractivity contribution is 5.92. The van der Waals surface area contributed by atoms with Crippen molar-refractivity contribution >= 4 is 16.9 Å². The second kappa shape index (κ2) is 3.27. The molecule has 0 aliphatic rings. The molecule has 1 aromatic heterocycles. The molecule has 76 valence electrons. The lowest BCUT2D eigenvalue weighted by Crippen LogP contribution is -1.97. The molecule has 0 aliphatic carbocycles. The van der Waals surface area contributed by atoms with Gasteiger partial charge in [0, 0.05) is 17.6 Å². The molecule has 0 radical (unpaired) electrons. The summed E-state index contributed by atoms with van der Waals surface area (Å²) in [5, 5.41) is 8.92. The van der Waals surface area contributed by atoms with E-state index in [1.807, 2.05) is 0 Å². The first-order chi connectivity index (χ1) is 7.08. The van der Waals surface area contributed by atoms with E-state index in [2.05, 4.69) is 4.98 Å². The number of aromatic carboxylic acids is 1. The van der Waals surface area contributed by atoms with E-state index in [0.717, 1.165) is 18.3 Å². The molecule has 0 atom stereocenters. The monoisotopic (exact) mass is 209 g/mol. The molecule has 5 heteroatoms. The van der Waals surface area contributed by atoms with Crippen LogP contribution >= 0.6 is 0 Å². The predicted molar refractivity (Wildman–Crippen MR) is 48.6 cm³/mol. The Morgan fingerprint density at radius 2 is 1.87 bits per heavy atom. The van der Waals surface area contributed by atoms with Gasteiger partial charge in [-0.2, -0.15) is 0 Å². The fraction of sp³-hybridized carbons (Fsp3) is 0. The van der Waals surface area contributed by atoms with E-state index in [-0.39, 0.29) is 16.5 Å². The Morgan fingerprint density at radius 1 is 1.20 bits per heavy atom. The molecule has 2 rings (SSSR count). The van der Waals surface area contributed by atoms with Crippen molar-refractivity contribution in [2.24, 2.45) is 0 Å². The highest BCUT2D eigenvalue weighted by Crippen LogP contribution is 2.17. The largest absolute Gasteiger partial charge is 0.478 e. The van der Waals surface area contributed by atoms with Gasteiger partial charge in [-0.1, -0.05) is 0 Å². The minimum absolute atomic E-state index is 0.0616. The van der Waals surface area contributed by atoms with Crippen LogP contribution in [-0.2, 0) is 0 Å². The number of rotatable bonds is 1. The lowest BCUT2D eigenvalue weighted by Gasteiger charge is -2.00. The van der Waals surface area contributed by atoms with E-state index >= 15 is 0 Å². The van der Waals surface area contributed by atoms with Crippen molar-refractivity contribution in [3.05, 3.63) is 41.6 Å². The summed E-state index contributed by atoms with van der Waals surface area (Å²) in [5.41, 5.74) is 0.160. The number of hydrogen-bond acceptors (Lipinski definition) is 2. The van der Waals surface area contributed by atoms with Crippen LogP contribution in [0.1, 0.15) is 10.4 Å². The van der Waals surface area contributed by atoms with E-state index in [9.17, 15) is 13.6 Å². The zero-order valence-electron chi connectivity index (χ0n) is 7.37. The maximum atomic E-state index is 12.8. The van der Waals surface area contributed by atoms with Gasteiger partial charge in [-0.15, -0.1) is 0 Å². The van der Waals surface area contributed by atoms with Crippen LogP contribution in [0.2, 0.25) is 0 Å². The standard InChI is InChI=1S/C10H5F2NO2/c11-7-2-5-1-6(10(14)15)4-13-9(5)3-8(7)12/h1-4H,(H,14,15). The zero-order chi connectivity index (χ0) is 11.0. The Hall–Kier alpha value is -2.04. The molecule has 0 unspecified atom stereocenters. The molecule has 15 heavy (non-hydrogen) atoms. The van der Waals surface area contributed by atoms with Gasteiger partial charge >= 0.3 is 5.97 Å². The molecule has 1 N–H and O–H groups in total. The fourth-order valence-corrected chi connectivity index (χ4v) is 1.24. The van der Waals surface area contributed by atoms with Gasteiger partial charge < -0.3 is 5.11 Å². The van der Waals surface area contributed by atoms with Crippen LogP contribution in [0.25, 0.3) is 10.9 Å². The Morgan fingerprint density at radius 3 is 2.53 bits per heavy atom. The smallest absolute Gasteiger partial charge is 0.337 e. The highest BCUT2D eigenvalue weighted by atomic mass is 19.2. The van der Waals surface area contributed by atoms with Gasteiger partial charge in [-0.3, -0.25) is 4.98 Å². The fourth-order valence-electron chi connectivity index (χ4n) is 1.24. The second-order valence-corrected chi connectivity index (χ2v) is 2.99. The molecular weight excluding hydrogens is 204 g/mol. The van der Waals surface area contributed by atoms with Gasteiger partial charge in [0.15, 0.2) is 11.6 Å². The van der Waals surface area contributed by atoms with Crippen LogP contribution in [0.15, 0.2) is 24.4 Å². The van der Waals surface area contributed by atoms with E-state index in [4.69, 9.17) is 5.11 Å². The molecule has 0 spiro atoms. The third kappa shape index (κ3) is 1.63. The van der Waals surface area contributed by atoms with Gasteiger partial charge in [0.2, 0.25) is 0 Å². The first-order valence-corrected chi connectivity index (χ1v) is 4.06. The highest BCUT2D eigenvalue weighted by Gasteiger charge is 2.08. The van der Waals surface area contributed by atoms with Gasteiger partial charge in [-0.25, -0.2) is 13.6 Å². The van der Waals surface area contributed by atoms with Crippen molar-refractivity contribution in [2.45, 2.75) is 0 Å². The number of nitrogens with zero attached hydrogens (tertiary/aromatic N) is 1. The predicted octanol–water partition coefficient (Wildman–Crippen LogP) is 2.21. The summed E-state index contributed by atoms with van der Waals surface area (Å²) in [6.07, 6.45) is 1.10. The van der Waals surface area contributed by atoms with Crippen molar-refractivity contribution in [3.8, 4) is 0 Å². The number of carboxylic acid groups (broad SMARTS) is 1. The van der Waals surface area contributed by atoms with Gasteiger partial charge in [0.05, 0.1) is 11.1 Å². The minimum Gasteiger partial charge on any atom is -0.478 e. The van der Waals surface area contributed by atoms with Gasteiger partial charge in [0.1, 0.15) is 0 Å². The first kappa shape index (κ1) is 9.51. The second-order valence-electron chi connectivity index (χ2n) is 2.99. The van der Waals surface area contributed by atoms with Crippen LogP contribution in [0, 0.1) is 11.6 Å². The topological polar surface area (TPSA) is 50.2 Å². The Bertz CT molecular complexity index is 554. The number of halogens is 2. The summed E-state index contributed by atoms with van der Waals surface area (Å²) < 4.78 is 25.6. The number of aromatic nitrogens is 1. The van der Waals surface area contributed by atoms with Crippen molar-refractivity contribution in [2.75, 3.05) is 0 Å². The molecule has 1 heterocycles. The molecule has 0 bridgehead atoms. The zero-order valence-corrected chi connectivity index (χ0v) is 7.37. The Kier molecular flexibility index (Phi) is 2.07. The third-order valence-electron chi connectivity index (χ3n) is 1.97. The van der Waals surface area contributed by atoms with Crippen molar-refractivity contribution in [3.63, 3.8) is 0 Å². The first-order valence-electron chi connectivity index (χ1n) is 4.06. The summed E-state index contributed by atoms with van der Waals surface area (Å²) in [5.74, 6) is -3.18. The summed E-state index contributed by atoms with van der Waals surface area (Å²) >= 11 is 0. The van der Waals surface area contributed by atoms with Gasteiger partial charge in [-0.05, 0) is 12.1 Å². The molecule has 0 amide bonds. The van der Waals surface area contributed by atoms with Crippen LogP contribution in [0.3, 0.4) is 0 Å². The molecule has 1 aromatic carbocycles. The molecule has 0 saturated heterocycles.